The highest BCUT2D eigenvalue weighted by Gasteiger charge is 2.10. The zero-order valence-electron chi connectivity index (χ0n) is 10.2. The lowest BCUT2D eigenvalue weighted by Crippen LogP contribution is -2.14. The molecule has 0 aliphatic carbocycles. The van der Waals surface area contributed by atoms with E-state index < -0.39 is 0 Å². The third kappa shape index (κ3) is 4.26. The normalized spacial score (nSPS) is 11.9. The van der Waals surface area contributed by atoms with E-state index in [1.807, 2.05) is 32.2 Å². The van der Waals surface area contributed by atoms with Crippen LogP contribution in [-0.4, -0.2) is 13.7 Å². The van der Waals surface area contributed by atoms with E-state index in [4.69, 9.17) is 21.6 Å². The van der Waals surface area contributed by atoms with Gasteiger partial charge in [0, 0.05) is 23.0 Å². The molecule has 3 nitrogen and oxygen atoms in total. The van der Waals surface area contributed by atoms with Crippen molar-refractivity contribution in [2.45, 2.75) is 25.8 Å². The SMILES string of the molecule is CNC(C)c1cc(Cl)ccc1OCCCC#N. The van der Waals surface area contributed by atoms with E-state index in [1.54, 1.807) is 0 Å². The van der Waals surface area contributed by atoms with Crippen molar-refractivity contribution in [3.05, 3.63) is 28.8 Å². The summed E-state index contributed by atoms with van der Waals surface area (Å²) in [6.07, 6.45) is 1.26. The molecule has 1 rings (SSSR count). The molecule has 1 N–H and O–H groups in total. The molecule has 1 atom stereocenters. The number of nitrogens with zero attached hydrogens (tertiary/aromatic N) is 1. The summed E-state index contributed by atoms with van der Waals surface area (Å²) in [5, 5.41) is 12.3. The van der Waals surface area contributed by atoms with Crippen LogP contribution >= 0.6 is 11.6 Å². The van der Waals surface area contributed by atoms with E-state index in [0.29, 0.717) is 18.1 Å². The van der Waals surface area contributed by atoms with E-state index in [9.17, 15) is 0 Å². The smallest absolute Gasteiger partial charge is 0.124 e. The average molecular weight is 253 g/mol. The molecule has 1 aromatic carbocycles. The highest BCUT2D eigenvalue weighted by molar-refractivity contribution is 6.30. The summed E-state index contributed by atoms with van der Waals surface area (Å²) in [6.45, 7) is 2.60. The molecule has 0 aromatic heterocycles. The van der Waals surface area contributed by atoms with Crippen molar-refractivity contribution < 1.29 is 4.74 Å². The lowest BCUT2D eigenvalue weighted by molar-refractivity contribution is 0.307. The molecule has 4 heteroatoms. The fourth-order valence-corrected chi connectivity index (χ4v) is 1.66. The number of hydrogen-bond acceptors (Lipinski definition) is 3. The van der Waals surface area contributed by atoms with Crippen molar-refractivity contribution >= 4 is 11.6 Å². The molecule has 0 saturated heterocycles. The largest absolute Gasteiger partial charge is 0.493 e. The van der Waals surface area contributed by atoms with Gasteiger partial charge in [-0.15, -0.1) is 0 Å². The minimum atomic E-state index is 0.180. The number of unbranched alkanes of at least 4 members (excludes halogenated alkanes) is 1. The second-order valence-corrected chi connectivity index (χ2v) is 4.24. The molecule has 0 aliphatic heterocycles. The number of nitrogens with one attached hydrogen (secondary N) is 1. The van der Waals surface area contributed by atoms with Crippen LogP contribution in [0, 0.1) is 11.3 Å². The van der Waals surface area contributed by atoms with Crippen LogP contribution < -0.4 is 10.1 Å². The molecule has 0 saturated carbocycles. The summed E-state index contributed by atoms with van der Waals surface area (Å²) < 4.78 is 5.67. The number of ether oxygens (including phenoxy) is 1. The van der Waals surface area contributed by atoms with Gasteiger partial charge in [0.25, 0.3) is 0 Å². The van der Waals surface area contributed by atoms with Crippen molar-refractivity contribution in [3.63, 3.8) is 0 Å². The number of halogens is 1. The zero-order chi connectivity index (χ0) is 12.7. The predicted molar refractivity (Wildman–Crippen MR) is 69.3 cm³/mol. The van der Waals surface area contributed by atoms with Gasteiger partial charge in [-0.05, 0) is 38.6 Å². The van der Waals surface area contributed by atoms with Gasteiger partial charge in [0.1, 0.15) is 5.75 Å². The van der Waals surface area contributed by atoms with Crippen LogP contribution in [0.25, 0.3) is 0 Å². The standard InChI is InChI=1S/C13H17ClN2O/c1-10(16-2)12-9-11(14)5-6-13(12)17-8-4-3-7-15/h5-6,9-10,16H,3-4,8H2,1-2H3. The summed E-state index contributed by atoms with van der Waals surface area (Å²) in [5.74, 6) is 0.828. The van der Waals surface area contributed by atoms with Gasteiger partial charge < -0.3 is 10.1 Å². The Labute approximate surface area is 107 Å². The van der Waals surface area contributed by atoms with Gasteiger partial charge in [0.05, 0.1) is 12.7 Å². The Balaban J connectivity index is 2.73. The monoisotopic (exact) mass is 252 g/mol. The molecule has 0 aliphatic rings. The van der Waals surface area contributed by atoms with Crippen molar-refractivity contribution in [3.8, 4) is 11.8 Å². The average Bonchev–Trinajstić information content (AvgIpc) is 2.35. The third-order valence-electron chi connectivity index (χ3n) is 2.56. The summed E-state index contributed by atoms with van der Waals surface area (Å²) in [7, 11) is 1.89. The summed E-state index contributed by atoms with van der Waals surface area (Å²) in [5.41, 5.74) is 1.04. The summed E-state index contributed by atoms with van der Waals surface area (Å²) in [4.78, 5) is 0. The second kappa shape index (κ2) is 7.16. The van der Waals surface area contributed by atoms with E-state index in [0.717, 1.165) is 17.7 Å². The van der Waals surface area contributed by atoms with Crippen molar-refractivity contribution in [1.29, 1.82) is 5.26 Å². The first-order valence-electron chi connectivity index (χ1n) is 5.65. The fourth-order valence-electron chi connectivity index (χ4n) is 1.48. The van der Waals surface area contributed by atoms with Crippen LogP contribution in [-0.2, 0) is 0 Å². The van der Waals surface area contributed by atoms with Crippen LogP contribution in [0.5, 0.6) is 5.75 Å². The van der Waals surface area contributed by atoms with Crippen LogP contribution in [0.1, 0.15) is 31.4 Å². The lowest BCUT2D eigenvalue weighted by Gasteiger charge is -2.16. The van der Waals surface area contributed by atoms with Crippen molar-refractivity contribution in [2.75, 3.05) is 13.7 Å². The predicted octanol–water partition coefficient (Wildman–Crippen LogP) is 3.30. The molecule has 17 heavy (non-hydrogen) atoms. The molecular formula is C13H17ClN2O. The van der Waals surface area contributed by atoms with Crippen LogP contribution in [0.15, 0.2) is 18.2 Å². The number of benzene rings is 1. The van der Waals surface area contributed by atoms with Gasteiger partial charge in [0.2, 0.25) is 0 Å². The molecule has 0 spiro atoms. The van der Waals surface area contributed by atoms with E-state index >= 15 is 0 Å². The highest BCUT2D eigenvalue weighted by Crippen LogP contribution is 2.28. The molecular weight excluding hydrogens is 236 g/mol. The van der Waals surface area contributed by atoms with Gasteiger partial charge in [-0.2, -0.15) is 5.26 Å². The first-order valence-corrected chi connectivity index (χ1v) is 6.03. The second-order valence-electron chi connectivity index (χ2n) is 3.80. The quantitative estimate of drug-likeness (QED) is 0.790. The van der Waals surface area contributed by atoms with Crippen LogP contribution in [0.4, 0.5) is 0 Å². The Morgan fingerprint density at radius 1 is 1.53 bits per heavy atom. The van der Waals surface area contributed by atoms with Gasteiger partial charge in [-0.25, -0.2) is 0 Å². The topological polar surface area (TPSA) is 45.0 Å². The van der Waals surface area contributed by atoms with Gasteiger partial charge >= 0.3 is 0 Å². The Morgan fingerprint density at radius 2 is 2.29 bits per heavy atom. The summed E-state index contributed by atoms with van der Waals surface area (Å²) in [6, 6.07) is 7.87. The fraction of sp³-hybridized carbons (Fsp3) is 0.462. The van der Waals surface area contributed by atoms with Crippen molar-refractivity contribution in [2.24, 2.45) is 0 Å². The first kappa shape index (κ1) is 13.8. The maximum Gasteiger partial charge on any atom is 0.124 e. The Morgan fingerprint density at radius 3 is 2.94 bits per heavy atom. The summed E-state index contributed by atoms with van der Waals surface area (Å²) >= 11 is 5.98. The third-order valence-corrected chi connectivity index (χ3v) is 2.80. The van der Waals surface area contributed by atoms with E-state index in [2.05, 4.69) is 11.4 Å². The molecule has 0 radical (unpaired) electrons. The molecule has 0 bridgehead atoms. The van der Waals surface area contributed by atoms with E-state index in [1.165, 1.54) is 0 Å². The Bertz CT molecular complexity index is 401. The van der Waals surface area contributed by atoms with Crippen LogP contribution in [0.2, 0.25) is 5.02 Å². The number of nitriles is 1. The lowest BCUT2D eigenvalue weighted by atomic mass is 10.1. The Hall–Kier alpha value is -1.24. The number of hydrogen-bond donors (Lipinski definition) is 1. The van der Waals surface area contributed by atoms with E-state index in [-0.39, 0.29) is 6.04 Å². The minimum Gasteiger partial charge on any atom is -0.493 e. The van der Waals surface area contributed by atoms with Gasteiger partial charge in [-0.1, -0.05) is 11.6 Å². The van der Waals surface area contributed by atoms with Crippen LogP contribution in [0.3, 0.4) is 0 Å². The molecule has 1 aromatic rings. The molecule has 0 fully saturated rings. The molecule has 1 unspecified atom stereocenters. The number of rotatable bonds is 6. The van der Waals surface area contributed by atoms with Gasteiger partial charge in [-0.3, -0.25) is 0 Å². The highest BCUT2D eigenvalue weighted by atomic mass is 35.5. The Kier molecular flexibility index (Phi) is 5.82. The van der Waals surface area contributed by atoms with Gasteiger partial charge in [0.15, 0.2) is 0 Å². The van der Waals surface area contributed by atoms with Crippen molar-refractivity contribution in [1.82, 2.24) is 5.32 Å². The first-order chi connectivity index (χ1) is 8.19. The zero-order valence-corrected chi connectivity index (χ0v) is 10.9. The molecule has 0 heterocycles. The maximum absolute atomic E-state index is 8.45. The minimum absolute atomic E-state index is 0.180. The molecule has 0 amide bonds. The molecule has 92 valence electrons. The maximum atomic E-state index is 8.45.